The van der Waals surface area contributed by atoms with Crippen molar-refractivity contribution >= 4 is 61.7 Å². The normalized spacial score (nSPS) is 16.0. The van der Waals surface area contributed by atoms with Gasteiger partial charge >= 0.3 is 0 Å². The topological polar surface area (TPSA) is 16.4 Å². The van der Waals surface area contributed by atoms with Crippen LogP contribution >= 0.6 is 0 Å². The largest absolute Gasteiger partial charge is 0.456 e. The van der Waals surface area contributed by atoms with Crippen LogP contribution < -0.4 is 15.5 Å². The average molecular weight is 488 g/mol. The van der Waals surface area contributed by atoms with Crippen LogP contribution in [-0.2, 0) is 0 Å². The Morgan fingerprint density at radius 1 is 0.658 bits per heavy atom. The second-order valence-electron chi connectivity index (χ2n) is 10.1. The highest BCUT2D eigenvalue weighted by Crippen LogP contribution is 2.43. The number of allylic oxidation sites excluding steroid dienone is 4. The molecule has 1 unspecified atom stereocenters. The maximum absolute atomic E-state index is 6.50. The van der Waals surface area contributed by atoms with E-state index in [0.29, 0.717) is 5.92 Å². The summed E-state index contributed by atoms with van der Waals surface area (Å²) in [5.41, 5.74) is 6.62. The van der Waals surface area contributed by atoms with Crippen molar-refractivity contribution in [1.29, 1.82) is 0 Å². The summed E-state index contributed by atoms with van der Waals surface area (Å²) in [6.07, 6.45) is 12.3. The predicted molar refractivity (Wildman–Crippen MR) is 159 cm³/mol. The van der Waals surface area contributed by atoms with E-state index in [2.05, 4.69) is 138 Å². The van der Waals surface area contributed by atoms with Crippen LogP contribution in [0.1, 0.15) is 6.42 Å². The molecule has 2 aliphatic rings. The molecule has 8 rings (SSSR count). The molecule has 0 fully saturated rings. The maximum atomic E-state index is 6.50. The Balaban J connectivity index is 1.50. The number of benzene rings is 5. The summed E-state index contributed by atoms with van der Waals surface area (Å²) in [5.74, 6) is 0.380. The smallest absolute Gasteiger partial charge is 0.137 e. The monoisotopic (exact) mass is 487 g/mol. The lowest BCUT2D eigenvalue weighted by Gasteiger charge is -2.28. The second kappa shape index (κ2) is 8.36. The third-order valence-corrected chi connectivity index (χ3v) is 7.92. The zero-order valence-electron chi connectivity index (χ0n) is 20.8. The van der Waals surface area contributed by atoms with Gasteiger partial charge in [0.1, 0.15) is 11.0 Å². The van der Waals surface area contributed by atoms with Crippen molar-refractivity contribution < 1.29 is 4.42 Å². The van der Waals surface area contributed by atoms with Crippen molar-refractivity contribution in [3.8, 4) is 0 Å². The molecule has 2 nitrogen and oxygen atoms in total. The molecule has 0 bridgehead atoms. The zero-order valence-corrected chi connectivity index (χ0v) is 20.8. The van der Waals surface area contributed by atoms with Crippen LogP contribution in [0.3, 0.4) is 0 Å². The molecule has 38 heavy (non-hydrogen) atoms. The molecule has 180 valence electrons. The van der Waals surface area contributed by atoms with E-state index in [1.54, 1.807) is 0 Å². The van der Waals surface area contributed by atoms with Crippen LogP contribution in [0.4, 0.5) is 17.1 Å². The average Bonchev–Trinajstić information content (AvgIpc) is 3.34. The van der Waals surface area contributed by atoms with E-state index in [9.17, 15) is 0 Å². The Hall–Kier alpha value is -4.82. The highest BCUT2D eigenvalue weighted by Gasteiger charge is 2.23. The number of fused-ring (bicyclic) bond motifs is 6. The van der Waals surface area contributed by atoms with Gasteiger partial charge in [-0.05, 0) is 53.1 Å². The zero-order chi connectivity index (χ0) is 25.1. The summed E-state index contributed by atoms with van der Waals surface area (Å²) in [6, 6.07) is 36.9. The minimum Gasteiger partial charge on any atom is -0.456 e. The van der Waals surface area contributed by atoms with Gasteiger partial charge in [0.15, 0.2) is 0 Å². The molecule has 5 aromatic carbocycles. The van der Waals surface area contributed by atoms with Gasteiger partial charge in [-0.15, -0.1) is 0 Å². The fourth-order valence-electron chi connectivity index (χ4n) is 6.16. The quantitative estimate of drug-likeness (QED) is 0.250. The van der Waals surface area contributed by atoms with E-state index < -0.39 is 0 Å². The highest BCUT2D eigenvalue weighted by molar-refractivity contribution is 6.08. The molecule has 2 aliphatic carbocycles. The SMILES string of the molecule is C1=CCC2C=c3c(oc4cccc(N(c5cccc6ccccc56)c5cccc6ccccc56)c34)=CC2=C1. The van der Waals surface area contributed by atoms with Gasteiger partial charge in [-0.1, -0.05) is 103 Å². The number of hydrogen-bond donors (Lipinski definition) is 0. The van der Waals surface area contributed by atoms with Crippen molar-refractivity contribution in [3.63, 3.8) is 0 Å². The van der Waals surface area contributed by atoms with Crippen LogP contribution in [0.5, 0.6) is 0 Å². The lowest BCUT2D eigenvalue weighted by atomic mass is 9.87. The Morgan fingerprint density at radius 2 is 1.29 bits per heavy atom. The molecule has 1 heterocycles. The minimum absolute atomic E-state index is 0.380. The van der Waals surface area contributed by atoms with E-state index >= 15 is 0 Å². The summed E-state index contributed by atoms with van der Waals surface area (Å²) in [6.45, 7) is 0. The van der Waals surface area contributed by atoms with Crippen LogP contribution in [0.25, 0.3) is 44.7 Å². The fourth-order valence-corrected chi connectivity index (χ4v) is 6.16. The van der Waals surface area contributed by atoms with Gasteiger partial charge in [-0.3, -0.25) is 0 Å². The van der Waals surface area contributed by atoms with Gasteiger partial charge in [0.2, 0.25) is 0 Å². The Kier molecular flexibility index (Phi) is 4.68. The van der Waals surface area contributed by atoms with Crippen LogP contribution in [0.2, 0.25) is 0 Å². The minimum atomic E-state index is 0.380. The van der Waals surface area contributed by atoms with Gasteiger partial charge < -0.3 is 9.32 Å². The van der Waals surface area contributed by atoms with E-state index in [4.69, 9.17) is 4.42 Å². The van der Waals surface area contributed by atoms with Crippen LogP contribution in [0.15, 0.2) is 131 Å². The molecule has 1 atom stereocenters. The van der Waals surface area contributed by atoms with Crippen molar-refractivity contribution in [3.05, 3.63) is 138 Å². The molecular formula is C36H25NO. The fraction of sp³-hybridized carbons (Fsp3) is 0.0556. The Bertz CT molecular complexity index is 1980. The number of anilines is 3. The Labute approximate surface area is 220 Å². The van der Waals surface area contributed by atoms with Gasteiger partial charge in [0.05, 0.1) is 22.4 Å². The molecule has 0 radical (unpaired) electrons. The first-order chi connectivity index (χ1) is 18.8. The van der Waals surface area contributed by atoms with Crippen molar-refractivity contribution in [2.45, 2.75) is 6.42 Å². The van der Waals surface area contributed by atoms with E-state index in [0.717, 1.165) is 39.9 Å². The first kappa shape index (κ1) is 21.3. The summed E-state index contributed by atoms with van der Waals surface area (Å²) in [7, 11) is 0. The van der Waals surface area contributed by atoms with Gasteiger partial charge in [0, 0.05) is 21.9 Å². The van der Waals surface area contributed by atoms with Gasteiger partial charge in [-0.2, -0.15) is 0 Å². The third-order valence-electron chi connectivity index (χ3n) is 7.92. The third kappa shape index (κ3) is 3.20. The van der Waals surface area contributed by atoms with Gasteiger partial charge in [-0.25, -0.2) is 0 Å². The van der Waals surface area contributed by atoms with Crippen LogP contribution in [-0.4, -0.2) is 0 Å². The number of furan rings is 1. The molecule has 2 heteroatoms. The number of hydrogen-bond acceptors (Lipinski definition) is 2. The maximum Gasteiger partial charge on any atom is 0.137 e. The molecule has 0 spiro atoms. The number of rotatable bonds is 3. The molecule has 0 aliphatic heterocycles. The van der Waals surface area contributed by atoms with E-state index in [1.165, 1.54) is 32.3 Å². The predicted octanol–water partition coefficient (Wildman–Crippen LogP) is 8.29. The van der Waals surface area contributed by atoms with Crippen molar-refractivity contribution in [2.75, 3.05) is 4.90 Å². The van der Waals surface area contributed by atoms with Crippen molar-refractivity contribution in [1.82, 2.24) is 0 Å². The van der Waals surface area contributed by atoms with Gasteiger partial charge in [0.25, 0.3) is 0 Å². The molecule has 1 aromatic heterocycles. The molecular weight excluding hydrogens is 462 g/mol. The summed E-state index contributed by atoms with van der Waals surface area (Å²) in [5, 5.41) is 7.23. The molecule has 6 aromatic rings. The van der Waals surface area contributed by atoms with Crippen molar-refractivity contribution in [2.24, 2.45) is 5.92 Å². The molecule has 0 N–H and O–H groups in total. The van der Waals surface area contributed by atoms with Crippen LogP contribution in [0, 0.1) is 5.92 Å². The lowest BCUT2D eigenvalue weighted by Crippen LogP contribution is -2.28. The summed E-state index contributed by atoms with van der Waals surface area (Å²) in [4.78, 5) is 2.43. The summed E-state index contributed by atoms with van der Waals surface area (Å²) >= 11 is 0. The molecule has 0 amide bonds. The lowest BCUT2D eigenvalue weighted by molar-refractivity contribution is 0.572. The first-order valence-corrected chi connectivity index (χ1v) is 13.2. The van der Waals surface area contributed by atoms with E-state index in [1.807, 2.05) is 0 Å². The molecule has 0 saturated carbocycles. The second-order valence-corrected chi connectivity index (χ2v) is 10.1. The number of nitrogens with zero attached hydrogens (tertiary/aromatic N) is 1. The molecule has 0 saturated heterocycles. The van der Waals surface area contributed by atoms with E-state index in [-0.39, 0.29) is 0 Å². The highest BCUT2D eigenvalue weighted by atomic mass is 16.3. The first-order valence-electron chi connectivity index (χ1n) is 13.2. The Morgan fingerprint density at radius 3 is 2.03 bits per heavy atom. The standard InChI is InChI=1S/C36H25NO/c1-2-13-27-23-35-30(22-26(27)12-1)36-33(20-9-21-34(36)38-35)37(31-18-7-14-24-10-3-5-16-28(24)31)32-19-8-15-25-11-4-6-17-29(25)32/h1-11,13-23,26H,12H2. The summed E-state index contributed by atoms with van der Waals surface area (Å²) < 4.78 is 6.50.